The lowest BCUT2D eigenvalue weighted by Gasteiger charge is -1.92. The Labute approximate surface area is 68.2 Å². The van der Waals surface area contributed by atoms with Crippen LogP contribution in [-0.2, 0) is 5.75 Å². The first-order valence-electron chi connectivity index (χ1n) is 2.99. The van der Waals surface area contributed by atoms with Crippen LogP contribution in [0.1, 0.15) is 12.6 Å². The van der Waals surface area contributed by atoms with Crippen LogP contribution >= 0.6 is 23.3 Å². The summed E-state index contributed by atoms with van der Waals surface area (Å²) in [5, 5.41) is 4.63. The van der Waals surface area contributed by atoms with Crippen LogP contribution in [0.25, 0.3) is 0 Å². The SMILES string of the molecule is CCSCc1nnsc1N. The van der Waals surface area contributed by atoms with Gasteiger partial charge in [-0.05, 0) is 5.75 Å². The Balaban J connectivity index is 2.49. The zero-order valence-corrected chi connectivity index (χ0v) is 7.34. The van der Waals surface area contributed by atoms with Crippen molar-refractivity contribution in [2.24, 2.45) is 0 Å². The molecule has 0 aliphatic heterocycles. The average Bonchev–Trinajstić information content (AvgIpc) is 2.31. The summed E-state index contributed by atoms with van der Waals surface area (Å²) in [6, 6.07) is 0. The molecule has 0 aliphatic carbocycles. The standard InChI is InChI=1S/C5H9N3S2/c1-2-9-3-4-5(6)10-8-7-4/h2-3,6H2,1H3. The smallest absolute Gasteiger partial charge is 0.131 e. The molecule has 1 aromatic rings. The number of thioether (sulfide) groups is 1. The fourth-order valence-corrected chi connectivity index (χ4v) is 1.66. The summed E-state index contributed by atoms with van der Waals surface area (Å²) in [4.78, 5) is 0. The summed E-state index contributed by atoms with van der Waals surface area (Å²) in [6.07, 6.45) is 0. The number of nitrogen functional groups attached to an aromatic ring is 1. The summed E-state index contributed by atoms with van der Waals surface area (Å²) in [5.41, 5.74) is 6.49. The summed E-state index contributed by atoms with van der Waals surface area (Å²) in [7, 11) is 0. The third kappa shape index (κ3) is 1.85. The largest absolute Gasteiger partial charge is 0.388 e. The zero-order chi connectivity index (χ0) is 7.40. The van der Waals surface area contributed by atoms with Gasteiger partial charge in [-0.3, -0.25) is 0 Å². The van der Waals surface area contributed by atoms with Crippen molar-refractivity contribution in [3.63, 3.8) is 0 Å². The molecule has 56 valence electrons. The minimum absolute atomic E-state index is 0.751. The predicted molar refractivity (Wildman–Crippen MR) is 46.2 cm³/mol. The number of hydrogen-bond donors (Lipinski definition) is 1. The van der Waals surface area contributed by atoms with Crippen molar-refractivity contribution < 1.29 is 0 Å². The average molecular weight is 175 g/mol. The second-order valence-corrected chi connectivity index (χ2v) is 3.78. The Kier molecular flexibility index (Phi) is 2.95. The van der Waals surface area contributed by atoms with Gasteiger partial charge in [-0.25, -0.2) is 0 Å². The minimum atomic E-state index is 0.751. The van der Waals surface area contributed by atoms with Gasteiger partial charge in [-0.2, -0.15) is 11.8 Å². The lowest BCUT2D eigenvalue weighted by Crippen LogP contribution is -1.88. The van der Waals surface area contributed by atoms with E-state index in [0.29, 0.717) is 0 Å². The normalized spacial score (nSPS) is 10.1. The van der Waals surface area contributed by atoms with Crippen LogP contribution < -0.4 is 5.73 Å². The second kappa shape index (κ2) is 3.78. The third-order valence-corrected chi connectivity index (χ3v) is 2.51. The molecule has 0 spiro atoms. The predicted octanol–water partition coefficient (Wildman–Crippen LogP) is 1.37. The van der Waals surface area contributed by atoms with E-state index in [0.717, 1.165) is 22.2 Å². The molecule has 0 bridgehead atoms. The molecule has 0 aromatic carbocycles. The maximum absolute atomic E-state index is 5.56. The van der Waals surface area contributed by atoms with Crippen molar-refractivity contribution in [3.8, 4) is 0 Å². The first-order valence-corrected chi connectivity index (χ1v) is 4.92. The fourth-order valence-electron chi connectivity index (χ4n) is 0.514. The van der Waals surface area contributed by atoms with Gasteiger partial charge in [0.2, 0.25) is 0 Å². The monoisotopic (exact) mass is 175 g/mol. The van der Waals surface area contributed by atoms with Gasteiger partial charge in [0.15, 0.2) is 0 Å². The molecule has 1 rings (SSSR count). The zero-order valence-electron chi connectivity index (χ0n) is 5.70. The number of nitrogens with two attached hydrogens (primary N) is 1. The quantitative estimate of drug-likeness (QED) is 0.754. The lowest BCUT2D eigenvalue weighted by molar-refractivity contribution is 1.08. The molecule has 0 atom stereocenters. The van der Waals surface area contributed by atoms with Gasteiger partial charge in [0, 0.05) is 17.3 Å². The van der Waals surface area contributed by atoms with Crippen LogP contribution in [0.15, 0.2) is 0 Å². The number of aromatic nitrogens is 2. The molecule has 0 saturated carbocycles. The Morgan fingerprint density at radius 3 is 3.00 bits per heavy atom. The van der Waals surface area contributed by atoms with E-state index in [2.05, 4.69) is 16.5 Å². The highest BCUT2D eigenvalue weighted by Crippen LogP contribution is 2.18. The van der Waals surface area contributed by atoms with Gasteiger partial charge in [-0.15, -0.1) is 5.10 Å². The minimum Gasteiger partial charge on any atom is -0.388 e. The Bertz CT molecular complexity index is 199. The van der Waals surface area contributed by atoms with E-state index >= 15 is 0 Å². The molecule has 0 fully saturated rings. The highest BCUT2D eigenvalue weighted by molar-refractivity contribution is 7.98. The summed E-state index contributed by atoms with van der Waals surface area (Å²) in [5.74, 6) is 1.98. The van der Waals surface area contributed by atoms with Crippen molar-refractivity contribution in [3.05, 3.63) is 5.69 Å². The van der Waals surface area contributed by atoms with Gasteiger partial charge in [0.1, 0.15) is 10.7 Å². The van der Waals surface area contributed by atoms with Crippen molar-refractivity contribution in [2.75, 3.05) is 11.5 Å². The molecule has 1 aromatic heterocycles. The highest BCUT2D eigenvalue weighted by Gasteiger charge is 2.01. The molecular weight excluding hydrogens is 166 g/mol. The number of anilines is 1. The van der Waals surface area contributed by atoms with Crippen LogP contribution in [0.4, 0.5) is 5.00 Å². The highest BCUT2D eigenvalue weighted by atomic mass is 32.2. The van der Waals surface area contributed by atoms with E-state index in [-0.39, 0.29) is 0 Å². The summed E-state index contributed by atoms with van der Waals surface area (Å²) < 4.78 is 3.73. The molecule has 3 nitrogen and oxygen atoms in total. The second-order valence-electron chi connectivity index (χ2n) is 1.72. The molecule has 10 heavy (non-hydrogen) atoms. The van der Waals surface area contributed by atoms with E-state index in [1.54, 1.807) is 11.8 Å². The van der Waals surface area contributed by atoms with Crippen molar-refractivity contribution in [1.82, 2.24) is 9.59 Å². The van der Waals surface area contributed by atoms with Crippen LogP contribution in [0.3, 0.4) is 0 Å². The molecule has 0 radical (unpaired) electrons. The molecule has 2 N–H and O–H groups in total. The fraction of sp³-hybridized carbons (Fsp3) is 0.600. The van der Waals surface area contributed by atoms with E-state index in [1.807, 2.05) is 0 Å². The van der Waals surface area contributed by atoms with Gasteiger partial charge in [0.05, 0.1) is 0 Å². The topological polar surface area (TPSA) is 51.8 Å². The van der Waals surface area contributed by atoms with Crippen molar-refractivity contribution in [1.29, 1.82) is 0 Å². The number of nitrogens with zero attached hydrogens (tertiary/aromatic N) is 2. The van der Waals surface area contributed by atoms with Gasteiger partial charge in [-0.1, -0.05) is 11.4 Å². The van der Waals surface area contributed by atoms with Crippen LogP contribution in [0, 0.1) is 0 Å². The molecule has 0 unspecified atom stereocenters. The van der Waals surface area contributed by atoms with Crippen LogP contribution in [0.5, 0.6) is 0 Å². The first-order chi connectivity index (χ1) is 4.84. The van der Waals surface area contributed by atoms with Gasteiger partial charge < -0.3 is 5.73 Å². The number of hydrogen-bond acceptors (Lipinski definition) is 5. The van der Waals surface area contributed by atoms with E-state index in [4.69, 9.17) is 5.73 Å². The van der Waals surface area contributed by atoms with E-state index in [9.17, 15) is 0 Å². The maximum Gasteiger partial charge on any atom is 0.131 e. The van der Waals surface area contributed by atoms with Crippen LogP contribution in [-0.4, -0.2) is 15.3 Å². The van der Waals surface area contributed by atoms with Crippen molar-refractivity contribution >= 4 is 28.3 Å². The van der Waals surface area contributed by atoms with Crippen LogP contribution in [0.2, 0.25) is 0 Å². The first kappa shape index (κ1) is 7.81. The Hall–Kier alpha value is -0.290. The molecule has 0 aliphatic rings. The molecular formula is C5H9N3S2. The molecule has 5 heteroatoms. The van der Waals surface area contributed by atoms with E-state index in [1.165, 1.54) is 11.5 Å². The Morgan fingerprint density at radius 1 is 1.70 bits per heavy atom. The molecule has 0 saturated heterocycles. The van der Waals surface area contributed by atoms with Gasteiger partial charge >= 0.3 is 0 Å². The third-order valence-electron chi connectivity index (χ3n) is 1.03. The molecule has 0 amide bonds. The summed E-state index contributed by atoms with van der Waals surface area (Å²) >= 11 is 3.06. The maximum atomic E-state index is 5.56. The summed E-state index contributed by atoms with van der Waals surface area (Å²) in [6.45, 7) is 2.11. The van der Waals surface area contributed by atoms with E-state index < -0.39 is 0 Å². The number of rotatable bonds is 3. The molecule has 1 heterocycles. The Morgan fingerprint density at radius 2 is 2.50 bits per heavy atom. The van der Waals surface area contributed by atoms with Crippen molar-refractivity contribution in [2.45, 2.75) is 12.7 Å². The van der Waals surface area contributed by atoms with Gasteiger partial charge in [0.25, 0.3) is 0 Å². The lowest BCUT2D eigenvalue weighted by atomic mass is 10.5.